The van der Waals surface area contributed by atoms with Gasteiger partial charge in [-0.1, -0.05) is 82.7 Å². The molecule has 0 saturated carbocycles. The van der Waals surface area contributed by atoms with Crippen LogP contribution in [0.5, 0.6) is 0 Å². The van der Waals surface area contributed by atoms with Crippen molar-refractivity contribution in [3.05, 3.63) is 141 Å². The molecule has 0 aromatic heterocycles. The van der Waals surface area contributed by atoms with Crippen LogP contribution in [0.15, 0.2) is 108 Å². The van der Waals surface area contributed by atoms with Crippen molar-refractivity contribution in [1.82, 2.24) is 0 Å². The minimum atomic E-state index is -0.695. The zero-order valence-corrected chi connectivity index (χ0v) is 18.5. The summed E-state index contributed by atoms with van der Waals surface area (Å²) in [6.07, 6.45) is 0. The molecule has 0 aliphatic heterocycles. The standard InChI is InChI=1S/C29H17BrF2/c30-21-10-15-25-27(17-21)29(19-6-11-22(31)12-7-19,20-8-13-23(32)14-9-20)26-16-5-18-3-1-2-4-24(18)28(25)26/h1-17H. The van der Waals surface area contributed by atoms with E-state index in [-0.39, 0.29) is 11.6 Å². The lowest BCUT2D eigenvalue weighted by Gasteiger charge is -2.34. The first kappa shape index (κ1) is 19.4. The molecular weight excluding hydrogens is 466 g/mol. The van der Waals surface area contributed by atoms with Gasteiger partial charge in [-0.2, -0.15) is 0 Å². The van der Waals surface area contributed by atoms with Gasteiger partial charge in [-0.15, -0.1) is 0 Å². The Morgan fingerprint density at radius 2 is 1.22 bits per heavy atom. The van der Waals surface area contributed by atoms with Gasteiger partial charge in [0.15, 0.2) is 0 Å². The lowest BCUT2D eigenvalue weighted by Crippen LogP contribution is -2.28. The van der Waals surface area contributed by atoms with E-state index >= 15 is 0 Å². The average molecular weight is 483 g/mol. The van der Waals surface area contributed by atoms with E-state index in [0.29, 0.717) is 0 Å². The Morgan fingerprint density at radius 3 is 1.88 bits per heavy atom. The van der Waals surface area contributed by atoms with Crippen LogP contribution in [0.1, 0.15) is 22.3 Å². The van der Waals surface area contributed by atoms with E-state index in [1.165, 1.54) is 35.2 Å². The maximum absolute atomic E-state index is 14.0. The molecule has 0 atom stereocenters. The minimum Gasteiger partial charge on any atom is -0.207 e. The van der Waals surface area contributed by atoms with E-state index in [2.05, 4.69) is 64.5 Å². The summed E-state index contributed by atoms with van der Waals surface area (Å²) in [7, 11) is 0. The number of hydrogen-bond donors (Lipinski definition) is 0. The van der Waals surface area contributed by atoms with Crippen molar-refractivity contribution in [3.8, 4) is 11.1 Å². The Balaban J connectivity index is 1.83. The van der Waals surface area contributed by atoms with Crippen LogP contribution in [0, 0.1) is 11.6 Å². The highest BCUT2D eigenvalue weighted by Crippen LogP contribution is 2.58. The van der Waals surface area contributed by atoms with Gasteiger partial charge in [0.25, 0.3) is 0 Å². The molecule has 0 amide bonds. The Labute approximate surface area is 193 Å². The zero-order chi connectivity index (χ0) is 21.9. The van der Waals surface area contributed by atoms with Crippen molar-refractivity contribution in [3.63, 3.8) is 0 Å². The topological polar surface area (TPSA) is 0 Å². The monoisotopic (exact) mass is 482 g/mol. The molecule has 1 aliphatic carbocycles. The SMILES string of the molecule is Fc1ccc(C2(c3ccc(F)cc3)c3cc(Br)ccc3-c3c2ccc2ccccc32)cc1. The molecule has 0 saturated heterocycles. The van der Waals surface area contributed by atoms with Gasteiger partial charge in [-0.05, 0) is 80.6 Å². The van der Waals surface area contributed by atoms with Gasteiger partial charge in [-0.3, -0.25) is 0 Å². The van der Waals surface area contributed by atoms with Gasteiger partial charge in [0.2, 0.25) is 0 Å². The fourth-order valence-corrected chi connectivity index (χ4v) is 5.61. The molecule has 0 unspecified atom stereocenters. The molecule has 0 radical (unpaired) electrons. The van der Waals surface area contributed by atoms with E-state index in [9.17, 15) is 8.78 Å². The molecule has 0 heterocycles. The summed E-state index contributed by atoms with van der Waals surface area (Å²) in [4.78, 5) is 0. The van der Waals surface area contributed by atoms with Crippen LogP contribution in [0.3, 0.4) is 0 Å². The van der Waals surface area contributed by atoms with Gasteiger partial charge in [-0.25, -0.2) is 8.78 Å². The number of benzene rings is 5. The van der Waals surface area contributed by atoms with E-state index in [0.717, 1.165) is 37.7 Å². The third-order valence-corrected chi connectivity index (χ3v) is 7.04. The number of hydrogen-bond acceptors (Lipinski definition) is 0. The first-order valence-electron chi connectivity index (χ1n) is 10.4. The highest BCUT2D eigenvalue weighted by Gasteiger charge is 2.46. The van der Waals surface area contributed by atoms with Gasteiger partial charge in [0, 0.05) is 4.47 Å². The maximum Gasteiger partial charge on any atom is 0.123 e. The van der Waals surface area contributed by atoms with Crippen LogP contribution in [0.4, 0.5) is 8.78 Å². The van der Waals surface area contributed by atoms with Crippen molar-refractivity contribution in [2.75, 3.05) is 0 Å². The molecule has 0 spiro atoms. The fraction of sp³-hybridized carbons (Fsp3) is 0.0345. The quantitative estimate of drug-likeness (QED) is 0.233. The van der Waals surface area contributed by atoms with Crippen molar-refractivity contribution < 1.29 is 8.78 Å². The second-order valence-corrected chi connectivity index (χ2v) is 9.08. The smallest absolute Gasteiger partial charge is 0.123 e. The zero-order valence-electron chi connectivity index (χ0n) is 16.9. The highest BCUT2D eigenvalue weighted by atomic mass is 79.9. The van der Waals surface area contributed by atoms with Crippen LogP contribution in [-0.2, 0) is 5.41 Å². The third kappa shape index (κ3) is 2.64. The molecule has 6 rings (SSSR count). The predicted octanol–water partition coefficient (Wildman–Crippen LogP) is 8.24. The first-order valence-corrected chi connectivity index (χ1v) is 11.2. The van der Waals surface area contributed by atoms with Gasteiger partial charge in [0.05, 0.1) is 5.41 Å². The minimum absolute atomic E-state index is 0.283. The molecule has 5 aromatic rings. The number of rotatable bonds is 2. The second kappa shape index (κ2) is 7.11. The Kier molecular flexibility index (Phi) is 4.31. The summed E-state index contributed by atoms with van der Waals surface area (Å²) in [6, 6.07) is 32.3. The summed E-state index contributed by atoms with van der Waals surface area (Å²) < 4.78 is 28.9. The van der Waals surface area contributed by atoms with Gasteiger partial charge < -0.3 is 0 Å². The normalized spacial score (nSPS) is 13.7. The van der Waals surface area contributed by atoms with E-state index in [1.54, 1.807) is 0 Å². The van der Waals surface area contributed by atoms with E-state index < -0.39 is 5.41 Å². The van der Waals surface area contributed by atoms with Gasteiger partial charge >= 0.3 is 0 Å². The molecular formula is C29H17BrF2. The molecule has 0 nitrogen and oxygen atoms in total. The largest absolute Gasteiger partial charge is 0.207 e. The second-order valence-electron chi connectivity index (χ2n) is 8.16. The third-order valence-electron chi connectivity index (χ3n) is 6.54. The first-order chi connectivity index (χ1) is 15.6. The highest BCUT2D eigenvalue weighted by molar-refractivity contribution is 9.10. The number of halogens is 3. The lowest BCUT2D eigenvalue weighted by atomic mass is 9.67. The maximum atomic E-state index is 14.0. The Bertz CT molecular complexity index is 1440. The summed E-state index contributed by atoms with van der Waals surface area (Å²) in [5, 5.41) is 2.33. The van der Waals surface area contributed by atoms with E-state index in [1.807, 2.05) is 30.3 Å². The van der Waals surface area contributed by atoms with Crippen LogP contribution < -0.4 is 0 Å². The molecule has 0 bridgehead atoms. The molecule has 1 aliphatic rings. The van der Waals surface area contributed by atoms with Crippen molar-refractivity contribution in [2.45, 2.75) is 5.41 Å². The fourth-order valence-electron chi connectivity index (χ4n) is 5.25. The summed E-state index contributed by atoms with van der Waals surface area (Å²) in [6.45, 7) is 0. The number of fused-ring (bicyclic) bond motifs is 5. The van der Waals surface area contributed by atoms with Crippen molar-refractivity contribution in [2.24, 2.45) is 0 Å². The van der Waals surface area contributed by atoms with E-state index in [4.69, 9.17) is 0 Å². The molecule has 5 aromatic carbocycles. The van der Waals surface area contributed by atoms with Crippen molar-refractivity contribution in [1.29, 1.82) is 0 Å². The summed E-state index contributed by atoms with van der Waals surface area (Å²) in [5.74, 6) is -0.566. The average Bonchev–Trinajstić information content (AvgIpc) is 3.11. The van der Waals surface area contributed by atoms with Crippen LogP contribution in [-0.4, -0.2) is 0 Å². The van der Waals surface area contributed by atoms with Crippen LogP contribution >= 0.6 is 15.9 Å². The molecule has 3 heteroatoms. The predicted molar refractivity (Wildman–Crippen MR) is 129 cm³/mol. The molecule has 154 valence electrons. The summed E-state index contributed by atoms with van der Waals surface area (Å²) in [5.41, 5.74) is 5.70. The lowest BCUT2D eigenvalue weighted by molar-refractivity contribution is 0.622. The molecule has 32 heavy (non-hydrogen) atoms. The van der Waals surface area contributed by atoms with Gasteiger partial charge in [0.1, 0.15) is 11.6 Å². The summed E-state index contributed by atoms with van der Waals surface area (Å²) >= 11 is 3.66. The Morgan fingerprint density at radius 1 is 0.594 bits per heavy atom. The van der Waals surface area contributed by atoms with Crippen molar-refractivity contribution >= 4 is 26.7 Å². The molecule has 0 N–H and O–H groups in total. The van der Waals surface area contributed by atoms with Crippen LogP contribution in [0.25, 0.3) is 21.9 Å². The van der Waals surface area contributed by atoms with Crippen LogP contribution in [0.2, 0.25) is 0 Å². The molecule has 0 fully saturated rings. The Hall–Kier alpha value is -3.30.